The lowest BCUT2D eigenvalue weighted by Crippen LogP contribution is -2.49. The van der Waals surface area contributed by atoms with Gasteiger partial charge in [0.1, 0.15) is 0 Å². The van der Waals surface area contributed by atoms with Gasteiger partial charge in [-0.15, -0.1) is 0 Å². The van der Waals surface area contributed by atoms with Gasteiger partial charge >= 0.3 is 12.1 Å². The topological polar surface area (TPSA) is 99.2 Å². The quantitative estimate of drug-likeness (QED) is 0.803. The molecule has 1 saturated heterocycles. The van der Waals surface area contributed by atoms with Crippen LogP contribution in [0, 0.1) is 5.92 Å². The third-order valence-electron chi connectivity index (χ3n) is 5.39. The molecular weight excluding hydrogens is 362 g/mol. The van der Waals surface area contributed by atoms with Crippen molar-refractivity contribution in [3.8, 4) is 0 Å². The van der Waals surface area contributed by atoms with Crippen molar-refractivity contribution in [2.45, 2.75) is 32.6 Å². The molecule has 0 bridgehead atoms. The first-order valence-corrected chi connectivity index (χ1v) is 9.84. The van der Waals surface area contributed by atoms with E-state index in [0.717, 1.165) is 31.4 Å². The summed E-state index contributed by atoms with van der Waals surface area (Å²) in [4.78, 5) is 39.6. The molecule has 2 N–H and O–H groups in total. The van der Waals surface area contributed by atoms with Gasteiger partial charge in [-0.2, -0.15) is 0 Å². The molecule has 2 amide bonds. The minimum Gasteiger partial charge on any atom is -0.478 e. The Balaban J connectivity index is 1.68. The second-order valence-corrected chi connectivity index (χ2v) is 7.18. The van der Waals surface area contributed by atoms with Crippen molar-refractivity contribution in [1.82, 2.24) is 4.90 Å². The lowest BCUT2D eigenvalue weighted by Gasteiger charge is -2.35. The second kappa shape index (κ2) is 8.95. The molecule has 0 aromatic heterocycles. The largest absolute Gasteiger partial charge is 0.478 e. The van der Waals surface area contributed by atoms with E-state index in [2.05, 4.69) is 5.32 Å². The number of aromatic carboxylic acids is 1. The lowest BCUT2D eigenvalue weighted by atomic mass is 10.1. The lowest BCUT2D eigenvalue weighted by molar-refractivity contribution is -0.119. The van der Waals surface area contributed by atoms with E-state index in [4.69, 9.17) is 4.74 Å². The molecule has 1 aliphatic carbocycles. The third kappa shape index (κ3) is 4.55. The van der Waals surface area contributed by atoms with Gasteiger partial charge in [0, 0.05) is 37.8 Å². The fourth-order valence-corrected chi connectivity index (χ4v) is 3.80. The molecule has 3 rings (SSSR count). The predicted molar refractivity (Wildman–Crippen MR) is 105 cm³/mol. The van der Waals surface area contributed by atoms with Crippen molar-refractivity contribution < 1.29 is 24.2 Å². The van der Waals surface area contributed by atoms with Crippen LogP contribution in [0.3, 0.4) is 0 Å². The van der Waals surface area contributed by atoms with Gasteiger partial charge in [0.2, 0.25) is 5.91 Å². The van der Waals surface area contributed by atoms with Gasteiger partial charge in [-0.1, -0.05) is 12.8 Å². The maximum absolute atomic E-state index is 12.4. The fraction of sp³-hybridized carbons (Fsp3) is 0.550. The average molecular weight is 389 g/mol. The Morgan fingerprint density at radius 1 is 1.14 bits per heavy atom. The number of carboxylic acids is 1. The zero-order valence-electron chi connectivity index (χ0n) is 16.1. The molecule has 1 aliphatic heterocycles. The Kier molecular flexibility index (Phi) is 6.38. The van der Waals surface area contributed by atoms with Crippen molar-refractivity contribution in [2.75, 3.05) is 43.0 Å². The van der Waals surface area contributed by atoms with E-state index in [0.29, 0.717) is 38.5 Å². The summed E-state index contributed by atoms with van der Waals surface area (Å²) in [5, 5.41) is 12.4. The van der Waals surface area contributed by atoms with Crippen LogP contribution in [0.1, 0.15) is 43.0 Å². The molecule has 0 radical (unpaired) electrons. The van der Waals surface area contributed by atoms with E-state index in [1.165, 1.54) is 0 Å². The number of rotatable bonds is 5. The van der Waals surface area contributed by atoms with Crippen LogP contribution in [0.5, 0.6) is 0 Å². The number of benzene rings is 1. The van der Waals surface area contributed by atoms with Crippen LogP contribution in [-0.4, -0.2) is 60.8 Å². The molecular formula is C20H27N3O5. The summed E-state index contributed by atoms with van der Waals surface area (Å²) < 4.78 is 5.02. The summed E-state index contributed by atoms with van der Waals surface area (Å²) in [6, 6.07) is 5.06. The first-order valence-electron chi connectivity index (χ1n) is 9.84. The number of amides is 2. The van der Waals surface area contributed by atoms with Crippen LogP contribution < -0.4 is 10.2 Å². The average Bonchev–Trinajstić information content (AvgIpc) is 3.23. The van der Waals surface area contributed by atoms with Gasteiger partial charge in [-0.05, 0) is 38.0 Å². The number of carboxylic acid groups (broad SMARTS) is 1. The van der Waals surface area contributed by atoms with E-state index in [1.807, 2.05) is 11.0 Å². The highest BCUT2D eigenvalue weighted by Crippen LogP contribution is 2.29. The maximum Gasteiger partial charge on any atom is 0.409 e. The Morgan fingerprint density at radius 2 is 1.82 bits per heavy atom. The van der Waals surface area contributed by atoms with E-state index >= 15 is 0 Å². The Labute approximate surface area is 164 Å². The molecule has 1 aromatic rings. The number of ether oxygens (including phenoxy) is 1. The van der Waals surface area contributed by atoms with Crippen LogP contribution in [-0.2, 0) is 9.53 Å². The van der Waals surface area contributed by atoms with Gasteiger partial charge in [0.15, 0.2) is 0 Å². The number of hydrogen-bond acceptors (Lipinski definition) is 5. The first-order chi connectivity index (χ1) is 13.5. The Hall–Kier alpha value is -2.77. The molecule has 1 heterocycles. The minimum absolute atomic E-state index is 0.0303. The molecule has 1 aromatic carbocycles. The van der Waals surface area contributed by atoms with Crippen LogP contribution in [0.2, 0.25) is 0 Å². The highest BCUT2D eigenvalue weighted by atomic mass is 16.6. The smallest absolute Gasteiger partial charge is 0.409 e. The van der Waals surface area contributed by atoms with Crippen molar-refractivity contribution in [1.29, 1.82) is 0 Å². The molecule has 1 saturated carbocycles. The second-order valence-electron chi connectivity index (χ2n) is 7.18. The standard InChI is InChI=1S/C20H27N3O5/c1-2-28-20(27)23-11-9-22(10-12-23)15-7-8-17(16(13-15)19(25)26)21-18(24)14-5-3-4-6-14/h7-8,13-14H,2-6,9-12H2,1H3,(H,21,24)(H,25,26). The summed E-state index contributed by atoms with van der Waals surface area (Å²) in [6.45, 7) is 4.32. The van der Waals surface area contributed by atoms with Crippen molar-refractivity contribution in [3.63, 3.8) is 0 Å². The number of carbonyl (C=O) groups excluding carboxylic acids is 2. The molecule has 2 aliphatic rings. The summed E-state index contributed by atoms with van der Waals surface area (Å²) in [6.07, 6.45) is 3.48. The predicted octanol–water partition coefficient (Wildman–Crippen LogP) is 2.79. The number of nitrogens with one attached hydrogen (secondary N) is 1. The van der Waals surface area contributed by atoms with Gasteiger partial charge in [0.05, 0.1) is 17.9 Å². The van der Waals surface area contributed by atoms with E-state index in [9.17, 15) is 19.5 Å². The van der Waals surface area contributed by atoms with Crippen molar-refractivity contribution >= 4 is 29.3 Å². The zero-order chi connectivity index (χ0) is 20.1. The number of carbonyl (C=O) groups is 3. The van der Waals surface area contributed by atoms with Crippen LogP contribution >= 0.6 is 0 Å². The highest BCUT2D eigenvalue weighted by Gasteiger charge is 2.26. The summed E-state index contributed by atoms with van der Waals surface area (Å²) in [7, 11) is 0. The molecule has 8 nitrogen and oxygen atoms in total. The molecule has 0 spiro atoms. The van der Waals surface area contributed by atoms with Crippen molar-refractivity contribution in [2.24, 2.45) is 5.92 Å². The van der Waals surface area contributed by atoms with Crippen LogP contribution in [0.4, 0.5) is 16.2 Å². The highest BCUT2D eigenvalue weighted by molar-refractivity contribution is 6.02. The van der Waals surface area contributed by atoms with Gasteiger partial charge in [-0.25, -0.2) is 9.59 Å². The number of anilines is 2. The van der Waals surface area contributed by atoms with E-state index in [-0.39, 0.29) is 23.5 Å². The van der Waals surface area contributed by atoms with E-state index < -0.39 is 5.97 Å². The SMILES string of the molecule is CCOC(=O)N1CCN(c2ccc(NC(=O)C3CCCC3)c(C(=O)O)c2)CC1. The molecule has 8 heteroatoms. The summed E-state index contributed by atoms with van der Waals surface area (Å²) in [5.74, 6) is -1.21. The Bertz CT molecular complexity index is 737. The molecule has 152 valence electrons. The first kappa shape index (κ1) is 20.0. The zero-order valence-corrected chi connectivity index (χ0v) is 16.1. The fourth-order valence-electron chi connectivity index (χ4n) is 3.80. The third-order valence-corrected chi connectivity index (χ3v) is 5.39. The minimum atomic E-state index is -1.08. The van der Waals surface area contributed by atoms with Gasteiger partial charge < -0.3 is 25.0 Å². The van der Waals surface area contributed by atoms with Crippen LogP contribution in [0.25, 0.3) is 0 Å². The molecule has 2 fully saturated rings. The van der Waals surface area contributed by atoms with Gasteiger partial charge in [-0.3, -0.25) is 4.79 Å². The summed E-state index contributed by atoms with van der Waals surface area (Å²) >= 11 is 0. The normalized spacial score (nSPS) is 17.5. The number of piperazine rings is 1. The number of nitrogens with zero attached hydrogens (tertiary/aromatic N) is 2. The number of hydrogen-bond donors (Lipinski definition) is 2. The maximum atomic E-state index is 12.4. The Morgan fingerprint density at radius 3 is 2.43 bits per heavy atom. The van der Waals surface area contributed by atoms with E-state index in [1.54, 1.807) is 24.0 Å². The monoisotopic (exact) mass is 389 g/mol. The van der Waals surface area contributed by atoms with Crippen molar-refractivity contribution in [3.05, 3.63) is 23.8 Å². The molecule has 28 heavy (non-hydrogen) atoms. The van der Waals surface area contributed by atoms with Crippen LogP contribution in [0.15, 0.2) is 18.2 Å². The summed E-state index contributed by atoms with van der Waals surface area (Å²) in [5.41, 5.74) is 1.18. The molecule has 0 atom stereocenters. The molecule has 0 unspecified atom stereocenters. The van der Waals surface area contributed by atoms with Gasteiger partial charge in [0.25, 0.3) is 0 Å².